The molecule has 3 rings (SSSR count). The number of thiophene rings is 1. The van der Waals surface area contributed by atoms with Crippen molar-refractivity contribution in [2.45, 2.75) is 39.0 Å². The average molecular weight is 316 g/mol. The molecule has 1 fully saturated rings. The molecule has 1 saturated heterocycles. The third-order valence-electron chi connectivity index (χ3n) is 4.26. The van der Waals surface area contributed by atoms with Crippen molar-refractivity contribution in [3.8, 4) is 6.07 Å². The van der Waals surface area contributed by atoms with E-state index in [4.69, 9.17) is 10.00 Å². The Morgan fingerprint density at radius 3 is 3.00 bits per heavy atom. The third kappa shape index (κ3) is 2.80. The maximum absolute atomic E-state index is 8.89. The van der Waals surface area contributed by atoms with Crippen LogP contribution in [0.1, 0.15) is 39.9 Å². The van der Waals surface area contributed by atoms with Crippen LogP contribution < -0.4 is 5.32 Å². The van der Waals surface area contributed by atoms with Crippen molar-refractivity contribution in [2.24, 2.45) is 7.05 Å². The molecule has 1 N–H and O–H groups in total. The van der Waals surface area contributed by atoms with Crippen LogP contribution in [-0.4, -0.2) is 22.4 Å². The summed E-state index contributed by atoms with van der Waals surface area (Å²) in [6.07, 6.45) is 1.05. The van der Waals surface area contributed by atoms with Crippen LogP contribution in [0.25, 0.3) is 0 Å². The van der Waals surface area contributed by atoms with Crippen LogP contribution >= 0.6 is 11.3 Å². The van der Waals surface area contributed by atoms with Crippen molar-refractivity contribution in [1.82, 2.24) is 15.1 Å². The highest BCUT2D eigenvalue weighted by atomic mass is 32.1. The van der Waals surface area contributed by atoms with Gasteiger partial charge in [-0.25, -0.2) is 0 Å². The summed E-state index contributed by atoms with van der Waals surface area (Å²) in [5.41, 5.74) is 4.15. The fourth-order valence-corrected chi connectivity index (χ4v) is 3.81. The number of ether oxygens (including phenoxy) is 1. The lowest BCUT2D eigenvalue weighted by atomic mass is 10.0. The van der Waals surface area contributed by atoms with Gasteiger partial charge in [-0.3, -0.25) is 4.68 Å². The monoisotopic (exact) mass is 316 g/mol. The third-order valence-corrected chi connectivity index (χ3v) is 5.20. The first-order valence-corrected chi connectivity index (χ1v) is 8.30. The van der Waals surface area contributed by atoms with Crippen LogP contribution in [-0.2, 0) is 18.3 Å². The molecule has 2 atom stereocenters. The SMILES string of the molecule is Cc1nn(C)c(C)c1[C@H]1OCC[C@@H]1NCc1cc(C#N)cs1. The largest absolute Gasteiger partial charge is 0.372 e. The number of nitrogens with zero attached hydrogens (tertiary/aromatic N) is 3. The summed E-state index contributed by atoms with van der Waals surface area (Å²) in [4.78, 5) is 1.18. The lowest BCUT2D eigenvalue weighted by Crippen LogP contribution is -2.31. The zero-order valence-electron chi connectivity index (χ0n) is 13.1. The molecule has 1 aliphatic heterocycles. The number of rotatable bonds is 4. The van der Waals surface area contributed by atoms with E-state index in [-0.39, 0.29) is 12.1 Å². The molecular weight excluding hydrogens is 296 g/mol. The molecule has 0 bridgehead atoms. The topological polar surface area (TPSA) is 62.9 Å². The zero-order valence-corrected chi connectivity index (χ0v) is 13.9. The van der Waals surface area contributed by atoms with E-state index in [1.807, 2.05) is 30.1 Å². The molecule has 6 heteroatoms. The van der Waals surface area contributed by atoms with Crippen molar-refractivity contribution in [2.75, 3.05) is 6.61 Å². The highest BCUT2D eigenvalue weighted by molar-refractivity contribution is 7.10. The summed E-state index contributed by atoms with van der Waals surface area (Å²) in [7, 11) is 1.97. The number of aromatic nitrogens is 2. The first kappa shape index (κ1) is 15.2. The molecule has 0 saturated carbocycles. The minimum absolute atomic E-state index is 0.0594. The molecule has 3 heterocycles. The second-order valence-electron chi connectivity index (χ2n) is 5.69. The first-order chi connectivity index (χ1) is 10.6. The summed E-state index contributed by atoms with van der Waals surface area (Å²) in [6, 6.07) is 4.41. The zero-order chi connectivity index (χ0) is 15.7. The summed E-state index contributed by atoms with van der Waals surface area (Å²) in [6.45, 7) is 5.67. The Labute approximate surface area is 134 Å². The summed E-state index contributed by atoms with van der Waals surface area (Å²) in [5.74, 6) is 0. The van der Waals surface area contributed by atoms with Gasteiger partial charge in [0.1, 0.15) is 12.2 Å². The second kappa shape index (κ2) is 6.21. The van der Waals surface area contributed by atoms with E-state index >= 15 is 0 Å². The minimum Gasteiger partial charge on any atom is -0.372 e. The Morgan fingerprint density at radius 2 is 2.36 bits per heavy atom. The van der Waals surface area contributed by atoms with Crippen LogP contribution in [0.15, 0.2) is 11.4 Å². The van der Waals surface area contributed by atoms with E-state index < -0.39 is 0 Å². The van der Waals surface area contributed by atoms with Crippen LogP contribution in [0.5, 0.6) is 0 Å². The van der Waals surface area contributed by atoms with E-state index in [2.05, 4.69) is 23.4 Å². The van der Waals surface area contributed by atoms with Gasteiger partial charge in [-0.2, -0.15) is 10.4 Å². The molecule has 0 amide bonds. The highest BCUT2D eigenvalue weighted by Gasteiger charge is 2.33. The molecular formula is C16H20N4OS. The summed E-state index contributed by atoms with van der Waals surface area (Å²) in [5, 5.41) is 18.9. The van der Waals surface area contributed by atoms with Crippen LogP contribution in [0.3, 0.4) is 0 Å². The molecule has 1 aliphatic rings. The number of hydrogen-bond donors (Lipinski definition) is 1. The second-order valence-corrected chi connectivity index (χ2v) is 6.68. The predicted molar refractivity (Wildman–Crippen MR) is 85.7 cm³/mol. The predicted octanol–water partition coefficient (Wildman–Crippen LogP) is 2.59. The standard InChI is InChI=1S/C16H20N4OS/c1-10-15(11(2)20(3)19-10)16-14(4-5-21-16)18-8-13-6-12(7-17)9-22-13/h6,9,14,16,18H,4-5,8H2,1-3H3/t14-,16-/m0/s1. The van der Waals surface area contributed by atoms with E-state index in [0.29, 0.717) is 0 Å². The Kier molecular flexibility index (Phi) is 4.30. The highest BCUT2D eigenvalue weighted by Crippen LogP contribution is 2.33. The normalized spacial score (nSPS) is 21.2. The van der Waals surface area contributed by atoms with Gasteiger partial charge in [0, 0.05) is 47.8 Å². The summed E-state index contributed by atoms with van der Waals surface area (Å²) >= 11 is 1.62. The van der Waals surface area contributed by atoms with E-state index in [1.54, 1.807) is 11.3 Å². The summed E-state index contributed by atoms with van der Waals surface area (Å²) < 4.78 is 7.90. The van der Waals surface area contributed by atoms with Gasteiger partial charge < -0.3 is 10.1 Å². The van der Waals surface area contributed by atoms with Gasteiger partial charge in [0.15, 0.2) is 0 Å². The van der Waals surface area contributed by atoms with Crippen molar-refractivity contribution >= 4 is 11.3 Å². The van der Waals surface area contributed by atoms with Crippen molar-refractivity contribution in [3.63, 3.8) is 0 Å². The van der Waals surface area contributed by atoms with Crippen molar-refractivity contribution in [3.05, 3.63) is 38.8 Å². The Balaban J connectivity index is 1.72. The average Bonchev–Trinajstić information content (AvgIpc) is 3.18. The Morgan fingerprint density at radius 1 is 1.55 bits per heavy atom. The molecule has 5 nitrogen and oxygen atoms in total. The molecule has 0 radical (unpaired) electrons. The molecule has 2 aromatic rings. The smallest absolute Gasteiger partial charge is 0.101 e. The number of aryl methyl sites for hydroxylation is 2. The van der Waals surface area contributed by atoms with Gasteiger partial charge in [0.05, 0.1) is 11.3 Å². The quantitative estimate of drug-likeness (QED) is 0.942. The lowest BCUT2D eigenvalue weighted by Gasteiger charge is -2.20. The number of nitriles is 1. The maximum Gasteiger partial charge on any atom is 0.101 e. The fourth-order valence-electron chi connectivity index (χ4n) is 3.05. The molecule has 116 valence electrons. The number of hydrogen-bond acceptors (Lipinski definition) is 5. The molecule has 0 aromatic carbocycles. The van der Waals surface area contributed by atoms with E-state index in [1.165, 1.54) is 16.1 Å². The van der Waals surface area contributed by atoms with Gasteiger partial charge in [-0.1, -0.05) is 0 Å². The van der Waals surface area contributed by atoms with E-state index in [9.17, 15) is 0 Å². The van der Waals surface area contributed by atoms with Gasteiger partial charge in [-0.15, -0.1) is 11.3 Å². The Hall–Kier alpha value is -1.68. The maximum atomic E-state index is 8.89. The lowest BCUT2D eigenvalue weighted by molar-refractivity contribution is 0.0975. The van der Waals surface area contributed by atoms with Gasteiger partial charge in [0.25, 0.3) is 0 Å². The Bertz CT molecular complexity index is 712. The molecule has 0 spiro atoms. The first-order valence-electron chi connectivity index (χ1n) is 7.42. The molecule has 0 aliphatic carbocycles. The number of nitrogens with one attached hydrogen (secondary N) is 1. The van der Waals surface area contributed by atoms with Crippen molar-refractivity contribution in [1.29, 1.82) is 5.26 Å². The minimum atomic E-state index is 0.0594. The van der Waals surface area contributed by atoms with Crippen LogP contribution in [0.2, 0.25) is 0 Å². The van der Waals surface area contributed by atoms with E-state index in [0.717, 1.165) is 30.8 Å². The van der Waals surface area contributed by atoms with Crippen LogP contribution in [0, 0.1) is 25.2 Å². The van der Waals surface area contributed by atoms with Gasteiger partial charge >= 0.3 is 0 Å². The van der Waals surface area contributed by atoms with Gasteiger partial charge in [0.2, 0.25) is 0 Å². The molecule has 22 heavy (non-hydrogen) atoms. The fraction of sp³-hybridized carbons (Fsp3) is 0.500. The van der Waals surface area contributed by atoms with Crippen molar-refractivity contribution < 1.29 is 4.74 Å². The molecule has 0 unspecified atom stereocenters. The molecule has 2 aromatic heterocycles. The van der Waals surface area contributed by atoms with Crippen LogP contribution in [0.4, 0.5) is 0 Å². The van der Waals surface area contributed by atoms with Gasteiger partial charge in [-0.05, 0) is 26.3 Å².